The number of carbonyl (C=O) groups excluding carboxylic acids is 1. The van der Waals surface area contributed by atoms with E-state index in [0.717, 1.165) is 38.8 Å². The summed E-state index contributed by atoms with van der Waals surface area (Å²) in [5.74, 6) is 0.0749. The molecule has 0 aromatic heterocycles. The second kappa shape index (κ2) is 7.41. The summed E-state index contributed by atoms with van der Waals surface area (Å²) in [5.41, 5.74) is -0.660. The normalized spacial score (nSPS) is 25.7. The van der Waals surface area contributed by atoms with Gasteiger partial charge in [0, 0.05) is 6.54 Å². The van der Waals surface area contributed by atoms with Crippen LogP contribution in [0.15, 0.2) is 0 Å². The summed E-state index contributed by atoms with van der Waals surface area (Å²) in [6.45, 7) is 4.47. The third kappa shape index (κ3) is 4.45. The lowest BCUT2D eigenvalue weighted by molar-refractivity contribution is -0.127. The van der Waals surface area contributed by atoms with Gasteiger partial charge in [-0.25, -0.2) is 0 Å². The van der Waals surface area contributed by atoms with Gasteiger partial charge in [0.1, 0.15) is 0 Å². The zero-order valence-corrected chi connectivity index (χ0v) is 12.9. The predicted octanol–water partition coefficient (Wildman–Crippen LogP) is 2.06. The molecule has 1 atom stereocenters. The zero-order valence-electron chi connectivity index (χ0n) is 12.9. The third-order valence-corrected chi connectivity index (χ3v) is 4.94. The molecule has 1 unspecified atom stereocenters. The topological polar surface area (TPSA) is 52.6 Å². The molecule has 1 heterocycles. The van der Waals surface area contributed by atoms with Crippen molar-refractivity contribution in [3.05, 3.63) is 0 Å². The van der Waals surface area contributed by atoms with Gasteiger partial charge in [0.15, 0.2) is 0 Å². The Balaban J connectivity index is 1.78. The third-order valence-electron chi connectivity index (χ3n) is 4.94. The monoisotopic (exact) mass is 282 g/mol. The first kappa shape index (κ1) is 15.8. The molecule has 0 aromatic carbocycles. The Morgan fingerprint density at radius 2 is 1.65 bits per heavy atom. The summed E-state index contributed by atoms with van der Waals surface area (Å²) in [7, 11) is 0. The highest BCUT2D eigenvalue weighted by Gasteiger charge is 2.30. The summed E-state index contributed by atoms with van der Waals surface area (Å²) < 4.78 is 0. The van der Waals surface area contributed by atoms with Crippen LogP contribution in [0.1, 0.15) is 64.7 Å². The number of amides is 1. The number of likely N-dealkylation sites (tertiary alicyclic amines) is 1. The van der Waals surface area contributed by atoms with Crippen LogP contribution in [0, 0.1) is 0 Å². The minimum Gasteiger partial charge on any atom is -0.388 e. The van der Waals surface area contributed by atoms with Crippen LogP contribution in [-0.2, 0) is 4.79 Å². The minimum atomic E-state index is -0.660. The standard InChI is InChI=1S/C16H30N2O2/c1-14(18-11-7-2-3-8-12-18)15(19)17-13-16(20)9-5-4-6-10-16/h14,20H,2-13H2,1H3,(H,17,19). The van der Waals surface area contributed by atoms with E-state index < -0.39 is 5.60 Å². The molecule has 1 saturated carbocycles. The van der Waals surface area contributed by atoms with Crippen molar-refractivity contribution < 1.29 is 9.90 Å². The molecule has 2 aliphatic rings. The quantitative estimate of drug-likeness (QED) is 0.830. The van der Waals surface area contributed by atoms with E-state index in [9.17, 15) is 9.90 Å². The Labute approximate surface area is 122 Å². The zero-order chi connectivity index (χ0) is 14.4. The fourth-order valence-corrected chi connectivity index (χ4v) is 3.43. The van der Waals surface area contributed by atoms with Gasteiger partial charge in [0.25, 0.3) is 0 Å². The van der Waals surface area contributed by atoms with Gasteiger partial charge in [-0.2, -0.15) is 0 Å². The minimum absolute atomic E-state index is 0.0692. The van der Waals surface area contributed by atoms with E-state index in [0.29, 0.717) is 6.54 Å². The molecule has 0 radical (unpaired) electrons. The van der Waals surface area contributed by atoms with Crippen LogP contribution >= 0.6 is 0 Å². The first-order valence-electron chi connectivity index (χ1n) is 8.35. The van der Waals surface area contributed by atoms with Crippen molar-refractivity contribution in [3.63, 3.8) is 0 Å². The van der Waals surface area contributed by atoms with Gasteiger partial charge >= 0.3 is 0 Å². The Bertz CT molecular complexity index is 306. The molecule has 1 amide bonds. The second-order valence-electron chi connectivity index (χ2n) is 6.63. The van der Waals surface area contributed by atoms with Crippen molar-refractivity contribution in [2.75, 3.05) is 19.6 Å². The highest BCUT2D eigenvalue weighted by molar-refractivity contribution is 5.81. The highest BCUT2D eigenvalue weighted by atomic mass is 16.3. The fourth-order valence-electron chi connectivity index (χ4n) is 3.43. The van der Waals surface area contributed by atoms with Crippen molar-refractivity contribution in [1.29, 1.82) is 0 Å². The van der Waals surface area contributed by atoms with Crippen LogP contribution < -0.4 is 5.32 Å². The first-order chi connectivity index (χ1) is 9.61. The molecule has 4 nitrogen and oxygen atoms in total. The van der Waals surface area contributed by atoms with Crippen LogP contribution in [0.2, 0.25) is 0 Å². The number of hydrogen-bond acceptors (Lipinski definition) is 3. The molecule has 2 N–H and O–H groups in total. The Morgan fingerprint density at radius 1 is 1.10 bits per heavy atom. The van der Waals surface area contributed by atoms with E-state index in [4.69, 9.17) is 0 Å². The molecule has 20 heavy (non-hydrogen) atoms. The second-order valence-corrected chi connectivity index (χ2v) is 6.63. The van der Waals surface area contributed by atoms with Crippen LogP contribution in [-0.4, -0.2) is 47.2 Å². The van der Waals surface area contributed by atoms with Crippen molar-refractivity contribution in [2.24, 2.45) is 0 Å². The molecule has 1 aliphatic carbocycles. The lowest BCUT2D eigenvalue weighted by Gasteiger charge is -2.33. The average Bonchev–Trinajstić information content (AvgIpc) is 2.74. The first-order valence-corrected chi connectivity index (χ1v) is 8.35. The SMILES string of the molecule is CC(C(=O)NCC1(O)CCCCC1)N1CCCCCC1. The molecule has 116 valence electrons. The molecule has 2 fully saturated rings. The maximum Gasteiger partial charge on any atom is 0.237 e. The van der Waals surface area contributed by atoms with Crippen LogP contribution in [0.4, 0.5) is 0 Å². The summed E-state index contributed by atoms with van der Waals surface area (Å²) in [6.07, 6.45) is 9.97. The predicted molar refractivity (Wildman–Crippen MR) is 80.5 cm³/mol. The molecule has 4 heteroatoms. The Morgan fingerprint density at radius 3 is 2.25 bits per heavy atom. The molecule has 0 spiro atoms. The van der Waals surface area contributed by atoms with Crippen molar-refractivity contribution in [3.8, 4) is 0 Å². The number of rotatable bonds is 4. The molecule has 1 aliphatic heterocycles. The summed E-state index contributed by atoms with van der Waals surface area (Å²) >= 11 is 0. The number of hydrogen-bond donors (Lipinski definition) is 2. The molecular formula is C16H30N2O2. The van der Waals surface area contributed by atoms with Crippen LogP contribution in [0.3, 0.4) is 0 Å². The fraction of sp³-hybridized carbons (Fsp3) is 0.938. The molecule has 0 aromatic rings. The van der Waals surface area contributed by atoms with E-state index in [2.05, 4.69) is 10.2 Å². The maximum absolute atomic E-state index is 12.3. The Hall–Kier alpha value is -0.610. The number of nitrogens with zero attached hydrogens (tertiary/aromatic N) is 1. The summed E-state index contributed by atoms with van der Waals surface area (Å²) in [4.78, 5) is 14.6. The highest BCUT2D eigenvalue weighted by Crippen LogP contribution is 2.27. The van der Waals surface area contributed by atoms with E-state index in [1.807, 2.05) is 6.92 Å². The average molecular weight is 282 g/mol. The largest absolute Gasteiger partial charge is 0.388 e. The van der Waals surface area contributed by atoms with Gasteiger partial charge in [-0.15, -0.1) is 0 Å². The maximum atomic E-state index is 12.3. The van der Waals surface area contributed by atoms with E-state index >= 15 is 0 Å². The number of aliphatic hydroxyl groups is 1. The molecule has 1 saturated heterocycles. The van der Waals surface area contributed by atoms with E-state index in [1.165, 1.54) is 32.1 Å². The lowest BCUT2D eigenvalue weighted by atomic mass is 9.85. The van der Waals surface area contributed by atoms with Gasteiger partial charge in [0.05, 0.1) is 11.6 Å². The summed E-state index contributed by atoms with van der Waals surface area (Å²) in [6, 6.07) is -0.0692. The molecular weight excluding hydrogens is 252 g/mol. The van der Waals surface area contributed by atoms with Crippen LogP contribution in [0.5, 0.6) is 0 Å². The Kier molecular flexibility index (Phi) is 5.85. The van der Waals surface area contributed by atoms with Crippen molar-refractivity contribution in [1.82, 2.24) is 10.2 Å². The molecule has 2 rings (SSSR count). The molecule has 0 bridgehead atoms. The van der Waals surface area contributed by atoms with E-state index in [-0.39, 0.29) is 11.9 Å². The van der Waals surface area contributed by atoms with Crippen molar-refractivity contribution in [2.45, 2.75) is 76.4 Å². The number of carbonyl (C=O) groups is 1. The van der Waals surface area contributed by atoms with Gasteiger partial charge in [-0.05, 0) is 45.7 Å². The van der Waals surface area contributed by atoms with Gasteiger partial charge < -0.3 is 10.4 Å². The van der Waals surface area contributed by atoms with Gasteiger partial charge in [-0.1, -0.05) is 32.1 Å². The summed E-state index contributed by atoms with van der Waals surface area (Å²) in [5, 5.41) is 13.4. The number of nitrogens with one attached hydrogen (secondary N) is 1. The lowest BCUT2D eigenvalue weighted by Crippen LogP contribution is -2.50. The smallest absolute Gasteiger partial charge is 0.237 e. The van der Waals surface area contributed by atoms with Gasteiger partial charge in [-0.3, -0.25) is 9.69 Å². The van der Waals surface area contributed by atoms with Gasteiger partial charge in [0.2, 0.25) is 5.91 Å². The van der Waals surface area contributed by atoms with Crippen LogP contribution in [0.25, 0.3) is 0 Å². The van der Waals surface area contributed by atoms with E-state index in [1.54, 1.807) is 0 Å². The van der Waals surface area contributed by atoms with Crippen molar-refractivity contribution >= 4 is 5.91 Å².